The number of aliphatic carboxylic acids is 1. The number of β-lactam (4-membered cyclic amide) rings is 1. The van der Waals surface area contributed by atoms with Gasteiger partial charge in [0.1, 0.15) is 17.8 Å². The third-order valence-electron chi connectivity index (χ3n) is 6.27. The largest absolute Gasteiger partial charge is 0.478 e. The van der Waals surface area contributed by atoms with Crippen molar-refractivity contribution in [3.8, 4) is 0 Å². The van der Waals surface area contributed by atoms with Crippen LogP contribution < -0.4 is 22.1 Å². The summed E-state index contributed by atoms with van der Waals surface area (Å²) in [5.41, 5.74) is 9.57. The molecule has 4 rings (SSSR count). The van der Waals surface area contributed by atoms with Crippen LogP contribution in [-0.2, 0) is 36.1 Å². The fourth-order valence-electron chi connectivity index (χ4n) is 3.83. The zero-order chi connectivity index (χ0) is 29.2. The number of hydrogen-bond donors (Lipinski definition) is 6. The monoisotopic (exact) mass is 600 g/mol. The van der Waals surface area contributed by atoms with E-state index in [1.165, 1.54) is 11.6 Å². The van der Waals surface area contributed by atoms with Crippen molar-refractivity contribution in [3.63, 3.8) is 0 Å². The van der Waals surface area contributed by atoms with Crippen molar-refractivity contribution in [2.75, 3.05) is 18.8 Å². The van der Waals surface area contributed by atoms with E-state index in [-0.39, 0.29) is 40.6 Å². The normalized spacial score (nSPS) is 21.0. The van der Waals surface area contributed by atoms with Crippen LogP contribution in [0.5, 0.6) is 0 Å². The number of carboxylic acid groups (broad SMARTS) is 1. The van der Waals surface area contributed by atoms with Crippen LogP contribution in [0.3, 0.4) is 0 Å². The van der Waals surface area contributed by atoms with Crippen molar-refractivity contribution in [1.29, 1.82) is 0 Å². The molecule has 1 saturated carbocycles. The smallest absolute Gasteiger partial charge is 0.362 e. The Morgan fingerprint density at radius 1 is 1.40 bits per heavy atom. The van der Waals surface area contributed by atoms with E-state index >= 15 is 0 Å². The third-order valence-corrected chi connectivity index (χ3v) is 7.89. The number of nitrogens with one attached hydrogen (secondary N) is 2. The molecule has 2 amide bonds. The molecule has 18 nitrogen and oxygen atoms in total. The summed E-state index contributed by atoms with van der Waals surface area (Å²) < 4.78 is 33.7. The Morgan fingerprint density at radius 2 is 2.12 bits per heavy atom. The second-order valence-corrected chi connectivity index (χ2v) is 11.4. The maximum absolute atomic E-state index is 13.2. The van der Waals surface area contributed by atoms with Gasteiger partial charge in [-0.05, 0) is 26.4 Å². The first-order chi connectivity index (χ1) is 18.9. The van der Waals surface area contributed by atoms with E-state index in [9.17, 15) is 32.5 Å². The van der Waals surface area contributed by atoms with Gasteiger partial charge in [0, 0.05) is 18.2 Å². The van der Waals surface area contributed by atoms with Gasteiger partial charge in [-0.15, -0.1) is 11.3 Å². The predicted octanol–water partition coefficient (Wildman–Crippen LogP) is -2.15. The Kier molecular flexibility index (Phi) is 8.35. The fourth-order valence-corrected chi connectivity index (χ4v) is 5.25. The molecule has 20 heteroatoms. The molecule has 2 aromatic heterocycles. The standard InChI is InChI=1S/C20H28N10O8S2/c1-10(23-6-2-5-21)11-7-24-29(27-11)8-13-15(17(32)30(13)40(35,36)37)26-16(31)14(12-9-39-19(22)25-12)28-38-20(3-4-20)18(33)34/h7,9-10,13,15,23H,2-6,8,21H2,1H3,(H2,22,25)(H,26,31)(H,33,34)(H,35,36,37)/t10-,13+,15-/m0/s1. The van der Waals surface area contributed by atoms with E-state index in [0.717, 1.165) is 22.6 Å². The minimum absolute atomic E-state index is 0.0503. The van der Waals surface area contributed by atoms with Gasteiger partial charge in [-0.3, -0.25) is 14.1 Å². The summed E-state index contributed by atoms with van der Waals surface area (Å²) in [6, 6.07) is -2.95. The van der Waals surface area contributed by atoms with Gasteiger partial charge in [0.2, 0.25) is 5.60 Å². The van der Waals surface area contributed by atoms with Gasteiger partial charge in [-0.25, -0.2) is 14.1 Å². The first-order valence-corrected chi connectivity index (χ1v) is 14.3. The fraction of sp³-hybridized carbons (Fsp3) is 0.550. The minimum atomic E-state index is -4.99. The Bertz CT molecular complexity index is 1420. The number of oxime groups is 1. The van der Waals surface area contributed by atoms with Crippen LogP contribution in [0.2, 0.25) is 0 Å². The molecule has 1 aliphatic heterocycles. The van der Waals surface area contributed by atoms with E-state index in [2.05, 4.69) is 31.0 Å². The second kappa shape index (κ2) is 11.4. The second-order valence-electron chi connectivity index (χ2n) is 9.17. The highest BCUT2D eigenvalue weighted by molar-refractivity contribution is 7.84. The molecule has 1 saturated heterocycles. The van der Waals surface area contributed by atoms with Gasteiger partial charge in [0.15, 0.2) is 10.8 Å². The van der Waals surface area contributed by atoms with Crippen LogP contribution in [0.15, 0.2) is 16.7 Å². The highest BCUT2D eigenvalue weighted by Crippen LogP contribution is 2.40. The van der Waals surface area contributed by atoms with Crippen molar-refractivity contribution < 1.29 is 37.3 Å². The highest BCUT2D eigenvalue weighted by atomic mass is 32.2. The summed E-state index contributed by atoms with van der Waals surface area (Å²) in [5, 5.41) is 28.5. The summed E-state index contributed by atoms with van der Waals surface area (Å²) in [6.07, 6.45) is 2.55. The highest BCUT2D eigenvalue weighted by Gasteiger charge is 2.56. The summed E-state index contributed by atoms with van der Waals surface area (Å²) in [4.78, 5) is 47.6. The van der Waals surface area contributed by atoms with Gasteiger partial charge >= 0.3 is 16.3 Å². The number of aromatic nitrogens is 4. The molecule has 0 aromatic carbocycles. The van der Waals surface area contributed by atoms with Crippen LogP contribution in [0, 0.1) is 0 Å². The Hall–Kier alpha value is -3.72. The maximum Gasteiger partial charge on any atom is 0.362 e. The number of rotatable bonds is 14. The van der Waals surface area contributed by atoms with Gasteiger partial charge in [0.05, 0.1) is 24.5 Å². The average Bonchev–Trinajstić information content (AvgIpc) is 3.32. The van der Waals surface area contributed by atoms with E-state index < -0.39 is 51.5 Å². The summed E-state index contributed by atoms with van der Waals surface area (Å²) >= 11 is 0.976. The van der Waals surface area contributed by atoms with E-state index in [1.54, 1.807) is 0 Å². The lowest BCUT2D eigenvalue weighted by atomic mass is 9.98. The number of carbonyl (C=O) groups is 3. The van der Waals surface area contributed by atoms with Gasteiger partial charge in [-0.2, -0.15) is 23.4 Å². The molecule has 0 unspecified atom stereocenters. The molecular weight excluding hydrogens is 572 g/mol. The molecule has 2 aliphatic rings. The number of thiazole rings is 1. The van der Waals surface area contributed by atoms with Crippen LogP contribution in [0.4, 0.5) is 5.13 Å². The van der Waals surface area contributed by atoms with Crippen molar-refractivity contribution in [2.45, 2.75) is 56.5 Å². The number of carboxylic acids is 1. The van der Waals surface area contributed by atoms with Crippen molar-refractivity contribution in [2.24, 2.45) is 10.9 Å². The maximum atomic E-state index is 13.2. The van der Waals surface area contributed by atoms with Crippen LogP contribution >= 0.6 is 11.3 Å². The molecule has 0 radical (unpaired) electrons. The lowest BCUT2D eigenvalue weighted by Crippen LogP contribution is -2.73. The molecule has 40 heavy (non-hydrogen) atoms. The molecule has 8 N–H and O–H groups in total. The Labute approximate surface area is 231 Å². The molecule has 218 valence electrons. The number of amides is 2. The zero-order valence-corrected chi connectivity index (χ0v) is 22.8. The molecule has 2 aromatic rings. The van der Waals surface area contributed by atoms with Crippen LogP contribution in [-0.4, -0.2) is 96.6 Å². The molecule has 3 atom stereocenters. The van der Waals surface area contributed by atoms with Crippen LogP contribution in [0.1, 0.15) is 43.6 Å². The molecule has 1 aliphatic carbocycles. The summed E-state index contributed by atoms with van der Waals surface area (Å²) in [7, 11) is -4.99. The lowest BCUT2D eigenvalue weighted by Gasteiger charge is -2.43. The van der Waals surface area contributed by atoms with E-state index in [0.29, 0.717) is 18.8 Å². The SMILES string of the molecule is C[C@H](NCCCN)c1cnn(C[C@@H]2[C@H](NC(=O)C(=NOC3(C(=O)O)CC3)c3csc(N)n3)C(=O)N2S(=O)(=O)O)n1. The van der Waals surface area contributed by atoms with Crippen LogP contribution in [0.25, 0.3) is 0 Å². The quantitative estimate of drug-likeness (QED) is 0.0444. The Balaban J connectivity index is 1.53. The van der Waals surface area contributed by atoms with E-state index in [1.807, 2.05) is 6.92 Å². The number of nitrogens with zero attached hydrogens (tertiary/aromatic N) is 6. The van der Waals surface area contributed by atoms with E-state index in [4.69, 9.17) is 16.3 Å². The Morgan fingerprint density at radius 3 is 2.70 bits per heavy atom. The molecule has 3 heterocycles. The number of hydrogen-bond acceptors (Lipinski definition) is 14. The summed E-state index contributed by atoms with van der Waals surface area (Å²) in [5.74, 6) is -3.40. The average molecular weight is 601 g/mol. The third kappa shape index (κ3) is 6.20. The van der Waals surface area contributed by atoms with Crippen molar-refractivity contribution in [1.82, 2.24) is 34.9 Å². The first-order valence-electron chi connectivity index (χ1n) is 12.0. The van der Waals surface area contributed by atoms with Gasteiger partial charge < -0.3 is 32.0 Å². The number of anilines is 1. The number of nitrogen functional groups attached to an aromatic ring is 1. The van der Waals surface area contributed by atoms with Gasteiger partial charge in [-0.1, -0.05) is 5.16 Å². The zero-order valence-electron chi connectivity index (χ0n) is 21.1. The number of carbonyl (C=O) groups excluding carboxylic acids is 2. The van der Waals surface area contributed by atoms with Crippen molar-refractivity contribution >= 4 is 50.3 Å². The minimum Gasteiger partial charge on any atom is -0.478 e. The molecule has 0 spiro atoms. The predicted molar refractivity (Wildman–Crippen MR) is 138 cm³/mol. The summed E-state index contributed by atoms with van der Waals surface area (Å²) in [6.45, 7) is 2.68. The molecule has 0 bridgehead atoms. The lowest BCUT2D eigenvalue weighted by molar-refractivity contribution is -0.153. The number of nitrogens with two attached hydrogens (primary N) is 2. The molecular formula is C20H28N10O8S2. The van der Waals surface area contributed by atoms with Gasteiger partial charge in [0.25, 0.3) is 11.8 Å². The first kappa shape index (κ1) is 29.3. The molecule has 2 fully saturated rings. The van der Waals surface area contributed by atoms with Crippen molar-refractivity contribution in [3.05, 3.63) is 23.0 Å². The topological polar surface area (TPSA) is 270 Å².